The van der Waals surface area contributed by atoms with E-state index in [2.05, 4.69) is 10.2 Å². The summed E-state index contributed by atoms with van der Waals surface area (Å²) in [5.74, 6) is -0.442. The van der Waals surface area contributed by atoms with Gasteiger partial charge in [-0.2, -0.15) is 0 Å². The number of benzene rings is 1. The molecule has 20 heavy (non-hydrogen) atoms. The molecule has 106 valence electrons. The number of carboxylic acids is 1. The van der Waals surface area contributed by atoms with Crippen molar-refractivity contribution >= 4 is 40.9 Å². The molecule has 2 aromatic rings. The van der Waals surface area contributed by atoms with E-state index in [1.54, 1.807) is 18.2 Å². The van der Waals surface area contributed by atoms with Crippen LogP contribution in [0.1, 0.15) is 5.89 Å². The lowest BCUT2D eigenvalue weighted by Crippen LogP contribution is -1.97. The molecule has 6 nitrogen and oxygen atoms in total. The quantitative estimate of drug-likeness (QED) is 0.812. The second kappa shape index (κ2) is 6.83. The third-order valence-electron chi connectivity index (χ3n) is 2.01. The number of ether oxygens (including phenoxy) is 1. The number of carboxylic acid groups (broad SMARTS) is 1. The summed E-state index contributed by atoms with van der Waals surface area (Å²) in [6.45, 7) is 0.0297. The molecule has 0 aliphatic rings. The highest BCUT2D eigenvalue weighted by molar-refractivity contribution is 7.99. The molecule has 0 unspecified atom stereocenters. The molecular formula is C11H8Cl2N2O4S. The van der Waals surface area contributed by atoms with E-state index in [0.29, 0.717) is 15.8 Å². The van der Waals surface area contributed by atoms with Gasteiger partial charge in [0.25, 0.3) is 11.1 Å². The molecule has 0 bridgehead atoms. The van der Waals surface area contributed by atoms with Crippen LogP contribution < -0.4 is 4.74 Å². The molecule has 1 aromatic heterocycles. The van der Waals surface area contributed by atoms with Gasteiger partial charge in [0, 0.05) is 5.02 Å². The first kappa shape index (κ1) is 15.0. The Bertz CT molecular complexity index is 620. The van der Waals surface area contributed by atoms with Crippen LogP contribution in [0.5, 0.6) is 5.75 Å². The summed E-state index contributed by atoms with van der Waals surface area (Å²) in [5, 5.41) is 17.0. The van der Waals surface area contributed by atoms with Crippen molar-refractivity contribution in [2.45, 2.75) is 11.8 Å². The van der Waals surface area contributed by atoms with Crippen molar-refractivity contribution in [1.82, 2.24) is 10.2 Å². The van der Waals surface area contributed by atoms with Gasteiger partial charge in [-0.15, -0.1) is 10.2 Å². The van der Waals surface area contributed by atoms with E-state index < -0.39 is 5.97 Å². The minimum absolute atomic E-state index is 0.0297. The largest absolute Gasteiger partial charge is 0.482 e. The Morgan fingerprint density at radius 2 is 2.20 bits per heavy atom. The molecule has 1 heterocycles. The van der Waals surface area contributed by atoms with E-state index in [4.69, 9.17) is 37.5 Å². The van der Waals surface area contributed by atoms with Crippen LogP contribution in [0, 0.1) is 0 Å². The summed E-state index contributed by atoms with van der Waals surface area (Å²) in [6.07, 6.45) is 0. The maximum atomic E-state index is 10.4. The SMILES string of the molecule is O=C(O)CSc1nnc(COc2ccc(Cl)cc2Cl)o1. The molecule has 1 N–H and O–H groups in total. The van der Waals surface area contributed by atoms with Crippen LogP contribution in [0.4, 0.5) is 0 Å². The van der Waals surface area contributed by atoms with E-state index in [-0.39, 0.29) is 23.5 Å². The summed E-state index contributed by atoms with van der Waals surface area (Å²) >= 11 is 12.6. The lowest BCUT2D eigenvalue weighted by atomic mass is 10.3. The fraction of sp³-hybridized carbons (Fsp3) is 0.182. The number of carbonyl (C=O) groups is 1. The molecule has 1 aromatic carbocycles. The molecule has 0 atom stereocenters. The van der Waals surface area contributed by atoms with Gasteiger partial charge in [-0.3, -0.25) is 4.79 Å². The molecular weight excluding hydrogens is 327 g/mol. The van der Waals surface area contributed by atoms with Gasteiger partial charge < -0.3 is 14.3 Å². The number of thioether (sulfide) groups is 1. The molecule has 0 amide bonds. The zero-order chi connectivity index (χ0) is 14.5. The smallest absolute Gasteiger partial charge is 0.314 e. The van der Waals surface area contributed by atoms with Crippen LogP contribution in [0.25, 0.3) is 0 Å². The molecule has 0 aliphatic heterocycles. The van der Waals surface area contributed by atoms with Crippen LogP contribution in [0.2, 0.25) is 10.0 Å². The highest BCUT2D eigenvalue weighted by atomic mass is 35.5. The van der Waals surface area contributed by atoms with Gasteiger partial charge in [0.15, 0.2) is 6.61 Å². The summed E-state index contributed by atoms with van der Waals surface area (Å²) in [5.41, 5.74) is 0. The van der Waals surface area contributed by atoms with Gasteiger partial charge in [-0.05, 0) is 18.2 Å². The molecule has 0 saturated carbocycles. The predicted molar refractivity (Wildman–Crippen MR) is 73.5 cm³/mol. The third kappa shape index (κ3) is 4.29. The molecule has 2 rings (SSSR count). The van der Waals surface area contributed by atoms with Crippen molar-refractivity contribution in [2.24, 2.45) is 0 Å². The predicted octanol–water partition coefficient (Wildman–Crippen LogP) is 3.13. The van der Waals surface area contributed by atoms with E-state index in [9.17, 15) is 4.79 Å². The van der Waals surface area contributed by atoms with Gasteiger partial charge in [0.2, 0.25) is 0 Å². The highest BCUT2D eigenvalue weighted by Gasteiger charge is 2.10. The molecule has 0 aliphatic carbocycles. The van der Waals surface area contributed by atoms with Crippen molar-refractivity contribution in [3.63, 3.8) is 0 Å². The van der Waals surface area contributed by atoms with E-state index in [1.165, 1.54) is 0 Å². The Hall–Kier alpha value is -1.44. The lowest BCUT2D eigenvalue weighted by molar-refractivity contribution is -0.133. The second-order valence-electron chi connectivity index (χ2n) is 3.51. The number of halogens is 2. The highest BCUT2D eigenvalue weighted by Crippen LogP contribution is 2.28. The van der Waals surface area contributed by atoms with Crippen molar-refractivity contribution in [2.75, 3.05) is 5.75 Å². The van der Waals surface area contributed by atoms with Crippen LogP contribution in [-0.4, -0.2) is 27.0 Å². The third-order valence-corrected chi connectivity index (χ3v) is 3.35. The van der Waals surface area contributed by atoms with Crippen molar-refractivity contribution < 1.29 is 19.1 Å². The molecule has 0 radical (unpaired) electrons. The van der Waals surface area contributed by atoms with E-state index in [1.807, 2.05) is 0 Å². The van der Waals surface area contributed by atoms with Gasteiger partial charge in [-0.1, -0.05) is 35.0 Å². The first-order valence-electron chi connectivity index (χ1n) is 5.29. The van der Waals surface area contributed by atoms with Crippen LogP contribution in [0.15, 0.2) is 27.8 Å². The van der Waals surface area contributed by atoms with Gasteiger partial charge >= 0.3 is 5.97 Å². The number of aromatic nitrogens is 2. The normalized spacial score (nSPS) is 10.5. The molecule has 0 fully saturated rings. The number of hydrogen-bond donors (Lipinski definition) is 1. The monoisotopic (exact) mass is 334 g/mol. The fourth-order valence-electron chi connectivity index (χ4n) is 1.21. The second-order valence-corrected chi connectivity index (χ2v) is 5.28. The average molecular weight is 335 g/mol. The van der Waals surface area contributed by atoms with E-state index in [0.717, 1.165) is 11.8 Å². The Balaban J connectivity index is 1.92. The van der Waals surface area contributed by atoms with Crippen molar-refractivity contribution in [1.29, 1.82) is 0 Å². The van der Waals surface area contributed by atoms with Crippen molar-refractivity contribution in [3.05, 3.63) is 34.1 Å². The number of rotatable bonds is 6. The maximum Gasteiger partial charge on any atom is 0.314 e. The zero-order valence-electron chi connectivity index (χ0n) is 9.88. The fourth-order valence-corrected chi connectivity index (χ4v) is 2.17. The first-order valence-corrected chi connectivity index (χ1v) is 7.03. The Morgan fingerprint density at radius 1 is 1.40 bits per heavy atom. The van der Waals surface area contributed by atoms with Crippen LogP contribution in [0.3, 0.4) is 0 Å². The topological polar surface area (TPSA) is 85.5 Å². The number of hydrogen-bond acceptors (Lipinski definition) is 6. The maximum absolute atomic E-state index is 10.4. The Labute approximate surface area is 128 Å². The summed E-state index contributed by atoms with van der Waals surface area (Å²) in [4.78, 5) is 10.4. The summed E-state index contributed by atoms with van der Waals surface area (Å²) in [6, 6.07) is 4.83. The summed E-state index contributed by atoms with van der Waals surface area (Å²) < 4.78 is 10.6. The van der Waals surface area contributed by atoms with Gasteiger partial charge in [-0.25, -0.2) is 0 Å². The standard InChI is InChI=1S/C11H8Cl2N2O4S/c12-6-1-2-8(7(13)3-6)18-4-9-14-15-11(19-9)20-5-10(16)17/h1-3H,4-5H2,(H,16,17). The van der Waals surface area contributed by atoms with Crippen molar-refractivity contribution in [3.8, 4) is 5.75 Å². The minimum Gasteiger partial charge on any atom is -0.482 e. The molecule has 9 heteroatoms. The lowest BCUT2D eigenvalue weighted by Gasteiger charge is -2.05. The Morgan fingerprint density at radius 3 is 2.90 bits per heavy atom. The first-order chi connectivity index (χ1) is 9.54. The van der Waals surface area contributed by atoms with Gasteiger partial charge in [0.05, 0.1) is 5.02 Å². The van der Waals surface area contributed by atoms with Crippen LogP contribution >= 0.6 is 35.0 Å². The van der Waals surface area contributed by atoms with E-state index >= 15 is 0 Å². The summed E-state index contributed by atoms with van der Waals surface area (Å²) in [7, 11) is 0. The number of aliphatic carboxylic acids is 1. The minimum atomic E-state index is -0.959. The average Bonchev–Trinajstić information content (AvgIpc) is 2.83. The van der Waals surface area contributed by atoms with Gasteiger partial charge in [0.1, 0.15) is 11.5 Å². The Kier molecular flexibility index (Phi) is 5.11. The molecule has 0 saturated heterocycles. The van der Waals surface area contributed by atoms with Crippen LogP contribution in [-0.2, 0) is 11.4 Å². The zero-order valence-corrected chi connectivity index (χ0v) is 12.2. The number of nitrogens with zero attached hydrogens (tertiary/aromatic N) is 2. The molecule has 0 spiro atoms.